The average molecular weight is 474 g/mol. The molecular weight excluding hydrogens is 460 g/mol. The van der Waals surface area contributed by atoms with E-state index in [1.54, 1.807) is 36.4 Å². The molecule has 4 heterocycles. The van der Waals surface area contributed by atoms with E-state index in [2.05, 4.69) is 9.97 Å². The second kappa shape index (κ2) is 6.30. The fraction of sp³-hybridized carbons (Fsp3) is 0.0769. The Balaban J connectivity index is 1.81. The summed E-state index contributed by atoms with van der Waals surface area (Å²) in [4.78, 5) is 62.9. The predicted octanol–water partition coefficient (Wildman–Crippen LogP) is 0.925. The van der Waals surface area contributed by atoms with Crippen LogP contribution in [0.1, 0.15) is 11.1 Å². The number of benzene rings is 3. The zero-order valence-corrected chi connectivity index (χ0v) is 18.9. The monoisotopic (exact) mass is 474 g/mol. The number of aromatic nitrogens is 4. The number of fused-ring (bicyclic) bond motifs is 8. The second-order valence-corrected chi connectivity index (χ2v) is 9.05. The van der Waals surface area contributed by atoms with Crippen LogP contribution in [0.3, 0.4) is 0 Å². The molecule has 0 fully saturated rings. The van der Waals surface area contributed by atoms with Crippen molar-refractivity contribution in [3.8, 4) is 0 Å². The fourth-order valence-electron chi connectivity index (χ4n) is 5.13. The van der Waals surface area contributed by atoms with Crippen molar-refractivity contribution in [3.05, 3.63) is 99.7 Å². The highest BCUT2D eigenvalue weighted by atomic mass is 16.2. The van der Waals surface area contributed by atoms with E-state index in [1.807, 2.05) is 13.8 Å². The molecule has 3 aromatic carbocycles. The van der Waals surface area contributed by atoms with Crippen LogP contribution in [0.5, 0.6) is 0 Å². The molecule has 4 aromatic heterocycles. The Hall–Kier alpha value is -5.12. The molecule has 0 amide bonds. The lowest BCUT2D eigenvalue weighted by atomic mass is 10.1. The molecule has 10 heteroatoms. The van der Waals surface area contributed by atoms with E-state index >= 15 is 0 Å². The summed E-state index contributed by atoms with van der Waals surface area (Å²) in [6, 6.07) is 10.4. The molecule has 2 N–H and O–H groups in total. The molecule has 7 rings (SSSR count). The number of nitrogens with one attached hydrogen (secondary N) is 2. The first-order valence-corrected chi connectivity index (χ1v) is 11.0. The van der Waals surface area contributed by atoms with Crippen LogP contribution in [0, 0.1) is 24.7 Å². The highest BCUT2D eigenvalue weighted by Crippen LogP contribution is 2.20. The molecule has 0 radical (unpaired) electrons. The molecule has 0 saturated carbocycles. The maximum Gasteiger partial charge on any atom is 0.271 e. The highest BCUT2D eigenvalue weighted by Gasteiger charge is 2.24. The molecule has 10 nitrogen and oxygen atoms in total. The number of hydrogen-bond donors (Lipinski definition) is 2. The molecule has 0 bridgehead atoms. The minimum Gasteiger partial charge on any atom is -0.287 e. The molecular formula is C26H14N6O4. The van der Waals surface area contributed by atoms with Crippen LogP contribution in [0.2, 0.25) is 0 Å². The minimum absolute atomic E-state index is 0.0666. The molecule has 0 unspecified atom stereocenters. The predicted molar refractivity (Wildman–Crippen MR) is 134 cm³/mol. The number of hydrogen-bond acceptors (Lipinski definition) is 8. The zero-order valence-electron chi connectivity index (χ0n) is 18.9. The van der Waals surface area contributed by atoms with E-state index in [-0.39, 0.29) is 22.3 Å². The van der Waals surface area contributed by atoms with Gasteiger partial charge in [0, 0.05) is 21.5 Å². The van der Waals surface area contributed by atoms with Crippen molar-refractivity contribution in [3.63, 3.8) is 0 Å². The summed E-state index contributed by atoms with van der Waals surface area (Å²) in [6.45, 7) is 3.69. The van der Waals surface area contributed by atoms with Gasteiger partial charge in [-0.3, -0.25) is 30.0 Å². The molecule has 0 saturated heterocycles. The van der Waals surface area contributed by atoms with Gasteiger partial charge < -0.3 is 0 Å². The van der Waals surface area contributed by atoms with Gasteiger partial charge in [-0.2, -0.15) is 0 Å². The van der Waals surface area contributed by atoms with Crippen LogP contribution in [-0.2, 0) is 0 Å². The lowest BCUT2D eigenvalue weighted by molar-refractivity contribution is 0.990. The Morgan fingerprint density at radius 3 is 1.39 bits per heavy atom. The summed E-state index contributed by atoms with van der Waals surface area (Å²) in [5.74, 6) is 0. The largest absolute Gasteiger partial charge is 0.287 e. The van der Waals surface area contributed by atoms with Crippen molar-refractivity contribution in [1.29, 1.82) is 10.8 Å². The van der Waals surface area contributed by atoms with Crippen molar-refractivity contribution in [2.75, 3.05) is 0 Å². The quantitative estimate of drug-likeness (QED) is 0.312. The molecule has 0 spiro atoms. The van der Waals surface area contributed by atoms with E-state index in [1.165, 1.54) is 0 Å². The van der Waals surface area contributed by atoms with Crippen LogP contribution in [0.25, 0.3) is 54.6 Å². The van der Waals surface area contributed by atoms with Gasteiger partial charge in [0.15, 0.2) is 0 Å². The van der Waals surface area contributed by atoms with E-state index in [0.29, 0.717) is 21.5 Å². The lowest BCUT2D eigenvalue weighted by Crippen LogP contribution is -2.34. The van der Waals surface area contributed by atoms with Crippen molar-refractivity contribution >= 4 is 54.6 Å². The SMILES string of the molecule is Cc1ccc2c(=N)n3c(=O)c4c(=O)c5nc6c7cc(C)ccc7c(=N)n6c(=O)c5c(=O)c4nc3c2c1. The van der Waals surface area contributed by atoms with Gasteiger partial charge >= 0.3 is 0 Å². The summed E-state index contributed by atoms with van der Waals surface area (Å²) < 4.78 is 2.02. The van der Waals surface area contributed by atoms with Crippen LogP contribution >= 0.6 is 0 Å². The minimum atomic E-state index is -0.902. The first-order chi connectivity index (χ1) is 17.2. The molecule has 0 aliphatic rings. The molecule has 0 atom stereocenters. The van der Waals surface area contributed by atoms with Gasteiger partial charge in [0.1, 0.15) is 44.1 Å². The number of rotatable bonds is 0. The zero-order chi connectivity index (χ0) is 25.2. The van der Waals surface area contributed by atoms with E-state index in [9.17, 15) is 19.2 Å². The molecule has 172 valence electrons. The summed E-state index contributed by atoms with van der Waals surface area (Å²) in [7, 11) is 0. The molecule has 0 aliphatic heterocycles. The number of aryl methyl sites for hydroxylation is 2. The standard InChI is InChI=1S/C26H14N6O4/c1-9-3-5-11-13(7-9)23-29-17-15(25(35)31(23)21(11)27)20(34)18-16(19(17)33)26(36)32-22(28)12-6-4-10(2)8-14(12)24(32)30-18/h3-8,27-28H,1-2H3. The van der Waals surface area contributed by atoms with Crippen molar-refractivity contribution in [2.45, 2.75) is 13.8 Å². The topological polar surface area (TPSA) is 151 Å². The Labute approximate surface area is 198 Å². The maximum atomic E-state index is 13.6. The first kappa shape index (κ1) is 20.3. The van der Waals surface area contributed by atoms with Crippen molar-refractivity contribution in [2.24, 2.45) is 0 Å². The smallest absolute Gasteiger partial charge is 0.271 e. The lowest BCUT2D eigenvalue weighted by Gasteiger charge is -2.02. The van der Waals surface area contributed by atoms with Crippen LogP contribution in [0.15, 0.2) is 55.6 Å². The van der Waals surface area contributed by atoms with Gasteiger partial charge in [-0.15, -0.1) is 0 Å². The maximum absolute atomic E-state index is 13.6. The fourth-order valence-corrected chi connectivity index (χ4v) is 5.13. The highest BCUT2D eigenvalue weighted by molar-refractivity contribution is 6.02. The van der Waals surface area contributed by atoms with Gasteiger partial charge in [-0.05, 0) is 26.0 Å². The third kappa shape index (κ3) is 2.21. The Bertz CT molecular complexity index is 2340. The van der Waals surface area contributed by atoms with Crippen molar-refractivity contribution < 1.29 is 0 Å². The van der Waals surface area contributed by atoms with Gasteiger partial charge in [0.2, 0.25) is 10.9 Å². The molecule has 0 aliphatic carbocycles. The Morgan fingerprint density at radius 1 is 0.611 bits per heavy atom. The van der Waals surface area contributed by atoms with E-state index < -0.39 is 43.8 Å². The van der Waals surface area contributed by atoms with Gasteiger partial charge in [-0.25, -0.2) is 18.8 Å². The van der Waals surface area contributed by atoms with Gasteiger partial charge in [-0.1, -0.05) is 35.4 Å². The third-order valence-corrected chi connectivity index (χ3v) is 6.84. The molecule has 36 heavy (non-hydrogen) atoms. The summed E-state index contributed by atoms with van der Waals surface area (Å²) in [5.41, 5.74) is -2.84. The second-order valence-electron chi connectivity index (χ2n) is 9.05. The summed E-state index contributed by atoms with van der Waals surface area (Å²) in [6.07, 6.45) is 0. The molecule has 7 aromatic rings. The first-order valence-electron chi connectivity index (χ1n) is 11.0. The summed E-state index contributed by atoms with van der Waals surface area (Å²) >= 11 is 0. The third-order valence-electron chi connectivity index (χ3n) is 6.84. The Morgan fingerprint density at radius 2 is 1.00 bits per heavy atom. The van der Waals surface area contributed by atoms with Crippen LogP contribution < -0.4 is 33.0 Å². The Kier molecular flexibility index (Phi) is 3.55. The van der Waals surface area contributed by atoms with Gasteiger partial charge in [0.05, 0.1) is 0 Å². The van der Waals surface area contributed by atoms with E-state index in [4.69, 9.17) is 10.8 Å². The van der Waals surface area contributed by atoms with Gasteiger partial charge in [0.25, 0.3) is 11.1 Å². The van der Waals surface area contributed by atoms with Crippen molar-refractivity contribution in [1.82, 2.24) is 18.8 Å². The van der Waals surface area contributed by atoms with Crippen LogP contribution in [0.4, 0.5) is 0 Å². The van der Waals surface area contributed by atoms with Crippen LogP contribution in [-0.4, -0.2) is 18.8 Å². The average Bonchev–Trinajstić information content (AvgIpc) is 3.28. The summed E-state index contributed by atoms with van der Waals surface area (Å²) in [5, 5.41) is 17.8. The van der Waals surface area contributed by atoms with E-state index in [0.717, 1.165) is 19.9 Å². The number of nitrogens with zero attached hydrogens (tertiary/aromatic N) is 4. The normalized spacial score (nSPS) is 12.3.